The Morgan fingerprint density at radius 1 is 1.26 bits per heavy atom. The van der Waals surface area contributed by atoms with E-state index in [4.69, 9.17) is 16.2 Å². The maximum absolute atomic E-state index is 13.6. The lowest BCUT2D eigenvalue weighted by atomic mass is 9.90. The molecule has 2 aromatic heterocycles. The van der Waals surface area contributed by atoms with Crippen LogP contribution in [0.3, 0.4) is 0 Å². The number of thiophene rings is 1. The highest BCUT2D eigenvalue weighted by atomic mass is 35.5. The van der Waals surface area contributed by atoms with Gasteiger partial charge in [-0.3, -0.25) is 9.35 Å². The monoisotopic (exact) mass is 577 g/mol. The van der Waals surface area contributed by atoms with E-state index in [1.807, 2.05) is 29.8 Å². The van der Waals surface area contributed by atoms with E-state index in [0.29, 0.717) is 34.1 Å². The summed E-state index contributed by atoms with van der Waals surface area (Å²) in [5, 5.41) is 17.8. The minimum atomic E-state index is -4.35. The van der Waals surface area contributed by atoms with Crippen LogP contribution in [0.25, 0.3) is 0 Å². The summed E-state index contributed by atoms with van der Waals surface area (Å²) in [6.07, 6.45) is 3.73. The number of aromatic nitrogens is 2. The molecular weight excluding hydrogens is 550 g/mol. The van der Waals surface area contributed by atoms with E-state index in [2.05, 4.69) is 26.7 Å². The molecule has 0 spiro atoms. The minimum absolute atomic E-state index is 0.0619. The third-order valence-electron chi connectivity index (χ3n) is 7.14. The molecule has 1 aromatic carbocycles. The number of anilines is 1. The number of nitrogens with zero attached hydrogens (tertiary/aromatic N) is 2. The summed E-state index contributed by atoms with van der Waals surface area (Å²) in [6, 6.07) is 7.55. The lowest BCUT2D eigenvalue weighted by molar-refractivity contribution is 0.104. The predicted molar refractivity (Wildman–Crippen MR) is 145 cm³/mol. The number of ketones is 1. The third kappa shape index (κ3) is 5.91. The van der Waals surface area contributed by atoms with Gasteiger partial charge in [0.15, 0.2) is 0 Å². The molecule has 3 heterocycles. The van der Waals surface area contributed by atoms with Gasteiger partial charge < -0.3 is 15.7 Å². The Kier molecular flexibility index (Phi) is 7.83. The molecule has 10 nitrogen and oxygen atoms in total. The minimum Gasteiger partial charge on any atom is -0.393 e. The number of aliphatic hydroxyl groups is 1. The van der Waals surface area contributed by atoms with Gasteiger partial charge in [-0.05, 0) is 61.1 Å². The number of hydrogen-bond acceptors (Lipinski definition) is 9. The number of fused-ring (bicyclic) bond motifs is 1. The van der Waals surface area contributed by atoms with Gasteiger partial charge in [0.05, 0.1) is 22.6 Å². The maximum atomic E-state index is 13.6. The summed E-state index contributed by atoms with van der Waals surface area (Å²) in [4.78, 5) is 23.6. The highest BCUT2D eigenvalue weighted by molar-refractivity contribution is 7.83. The molecule has 5 N–H and O–H groups in total. The van der Waals surface area contributed by atoms with Crippen LogP contribution in [-0.4, -0.2) is 59.1 Å². The van der Waals surface area contributed by atoms with Crippen LogP contribution in [0.2, 0.25) is 5.02 Å². The van der Waals surface area contributed by atoms with Crippen molar-refractivity contribution in [3.63, 3.8) is 0 Å². The Morgan fingerprint density at radius 3 is 2.87 bits per heavy atom. The van der Waals surface area contributed by atoms with Crippen LogP contribution in [0.15, 0.2) is 36.8 Å². The zero-order valence-corrected chi connectivity index (χ0v) is 22.9. The molecule has 0 amide bonds. The summed E-state index contributed by atoms with van der Waals surface area (Å²) in [7, 11) is -4.35. The number of hydrogen-bond donors (Lipinski definition) is 5. The van der Waals surface area contributed by atoms with Crippen molar-refractivity contribution in [2.45, 2.75) is 44.4 Å². The van der Waals surface area contributed by atoms with Gasteiger partial charge in [-0.2, -0.15) is 13.1 Å². The van der Waals surface area contributed by atoms with Gasteiger partial charge in [0, 0.05) is 41.1 Å². The second-order valence-corrected chi connectivity index (χ2v) is 12.6. The van der Waals surface area contributed by atoms with Crippen LogP contribution in [-0.2, 0) is 16.7 Å². The van der Waals surface area contributed by atoms with Gasteiger partial charge in [0.2, 0.25) is 5.78 Å². The Bertz CT molecular complexity index is 1460. The van der Waals surface area contributed by atoms with Crippen molar-refractivity contribution in [1.29, 1.82) is 0 Å². The number of rotatable bonds is 8. The van der Waals surface area contributed by atoms with Crippen LogP contribution < -0.4 is 15.4 Å². The molecule has 202 valence electrons. The maximum Gasteiger partial charge on any atom is 0.333 e. The molecule has 1 fully saturated rings. The smallest absolute Gasteiger partial charge is 0.333 e. The first kappa shape index (κ1) is 27.1. The average molecular weight is 578 g/mol. The SMILES string of the molecule is Cc1sc(C(=O)c2cncnc2N[C@@H]2C[C@H](CNS(=O)(=O)O)[C@@H](O)C2)cc1[C@H]1NCCc2ccc(Cl)cc21. The molecule has 38 heavy (non-hydrogen) atoms. The van der Waals surface area contributed by atoms with E-state index >= 15 is 0 Å². The first-order chi connectivity index (χ1) is 18.1. The average Bonchev–Trinajstić information content (AvgIpc) is 3.43. The summed E-state index contributed by atoms with van der Waals surface area (Å²) in [6.45, 7) is 2.74. The zero-order chi connectivity index (χ0) is 27.0. The topological polar surface area (TPSA) is 154 Å². The summed E-state index contributed by atoms with van der Waals surface area (Å²) in [5.41, 5.74) is 3.70. The van der Waals surface area contributed by atoms with Gasteiger partial charge >= 0.3 is 10.3 Å². The summed E-state index contributed by atoms with van der Waals surface area (Å²) < 4.78 is 33.0. The number of halogens is 1. The molecule has 13 heteroatoms. The van der Waals surface area contributed by atoms with Crippen LogP contribution in [0, 0.1) is 12.8 Å². The number of nitrogens with one attached hydrogen (secondary N) is 3. The molecule has 0 unspecified atom stereocenters. The van der Waals surface area contributed by atoms with Gasteiger partial charge in [-0.15, -0.1) is 11.3 Å². The van der Waals surface area contributed by atoms with Crippen molar-refractivity contribution in [3.05, 3.63) is 73.8 Å². The lowest BCUT2D eigenvalue weighted by Crippen LogP contribution is -2.32. The van der Waals surface area contributed by atoms with E-state index in [-0.39, 0.29) is 24.4 Å². The lowest BCUT2D eigenvalue weighted by Gasteiger charge is -2.27. The molecule has 5 rings (SSSR count). The largest absolute Gasteiger partial charge is 0.393 e. The van der Waals surface area contributed by atoms with Crippen molar-refractivity contribution < 1.29 is 22.9 Å². The number of carbonyl (C=O) groups is 1. The van der Waals surface area contributed by atoms with E-state index in [1.165, 1.54) is 29.4 Å². The predicted octanol–water partition coefficient (Wildman–Crippen LogP) is 2.91. The van der Waals surface area contributed by atoms with Gasteiger partial charge in [-0.1, -0.05) is 17.7 Å². The fourth-order valence-electron chi connectivity index (χ4n) is 5.28. The normalized spacial score (nSPS) is 23.3. The Balaban J connectivity index is 1.35. The van der Waals surface area contributed by atoms with Gasteiger partial charge in [0.1, 0.15) is 12.1 Å². The van der Waals surface area contributed by atoms with Gasteiger partial charge in [0.25, 0.3) is 0 Å². The van der Waals surface area contributed by atoms with Crippen molar-refractivity contribution in [2.24, 2.45) is 5.92 Å². The highest BCUT2D eigenvalue weighted by Gasteiger charge is 2.34. The Labute approximate surface area is 229 Å². The van der Waals surface area contributed by atoms with Crippen molar-refractivity contribution in [2.75, 3.05) is 18.4 Å². The number of aliphatic hydroxyl groups excluding tert-OH is 1. The van der Waals surface area contributed by atoms with Crippen molar-refractivity contribution in [1.82, 2.24) is 20.0 Å². The van der Waals surface area contributed by atoms with Crippen LogP contribution in [0.4, 0.5) is 5.82 Å². The molecule has 1 aliphatic carbocycles. The first-order valence-corrected chi connectivity index (χ1v) is 14.9. The Hall–Kier alpha value is -2.45. The van der Waals surface area contributed by atoms with Crippen molar-refractivity contribution in [3.8, 4) is 0 Å². The fraction of sp³-hybridized carbons (Fsp3) is 0.400. The van der Waals surface area contributed by atoms with Gasteiger partial charge in [-0.25, -0.2) is 9.97 Å². The fourth-order valence-corrected chi connectivity index (χ4v) is 6.90. The molecule has 4 atom stereocenters. The molecule has 3 aromatic rings. The molecule has 0 bridgehead atoms. The first-order valence-electron chi connectivity index (χ1n) is 12.2. The molecule has 0 radical (unpaired) electrons. The third-order valence-corrected chi connectivity index (χ3v) is 8.97. The summed E-state index contributed by atoms with van der Waals surface area (Å²) in [5.74, 6) is -0.249. The highest BCUT2D eigenvalue weighted by Crippen LogP contribution is 2.37. The quantitative estimate of drug-likeness (QED) is 0.201. The molecule has 1 aliphatic heterocycles. The van der Waals surface area contributed by atoms with E-state index in [9.17, 15) is 18.3 Å². The second-order valence-electron chi connectivity index (χ2n) is 9.68. The zero-order valence-electron chi connectivity index (χ0n) is 20.5. The number of benzene rings is 1. The van der Waals surface area contributed by atoms with E-state index in [1.54, 1.807) is 0 Å². The summed E-state index contributed by atoms with van der Waals surface area (Å²) >= 11 is 7.71. The molecular formula is C25H28ClN5O5S2. The number of aryl methyl sites for hydroxylation is 1. The van der Waals surface area contributed by atoms with Crippen LogP contribution in [0.1, 0.15) is 55.7 Å². The standard InChI is InChI=1S/C25H28ClN5O5S2/c1-13-18(23-19-7-16(26)3-2-14(19)4-5-28-23)9-22(37-13)24(33)20-11-27-12-29-25(20)31-17-6-15(21(32)8-17)10-30-38(34,35)36/h2-3,7,9,11-12,15,17,21,23,28,30,32H,4-6,8,10H2,1H3,(H,27,29,31)(H,34,35,36)/t15-,17-,21+,23-/m1/s1. The molecule has 0 saturated heterocycles. The van der Waals surface area contributed by atoms with Crippen LogP contribution in [0.5, 0.6) is 0 Å². The van der Waals surface area contributed by atoms with Crippen molar-refractivity contribution >= 4 is 44.8 Å². The van der Waals surface area contributed by atoms with Crippen LogP contribution >= 0.6 is 22.9 Å². The number of carbonyl (C=O) groups excluding carboxylic acids is 1. The molecule has 2 aliphatic rings. The second kappa shape index (κ2) is 11.0. The molecule has 1 saturated carbocycles. The Morgan fingerprint density at radius 2 is 2.08 bits per heavy atom. The van der Waals surface area contributed by atoms with E-state index in [0.717, 1.165) is 29.0 Å². The van der Waals surface area contributed by atoms with E-state index < -0.39 is 22.3 Å².